The van der Waals surface area contributed by atoms with Crippen LogP contribution in [0, 0.1) is 0 Å². The molecule has 23 heavy (non-hydrogen) atoms. The summed E-state index contributed by atoms with van der Waals surface area (Å²) in [4.78, 5) is 13.1. The Morgan fingerprint density at radius 2 is 1.96 bits per heavy atom. The Balaban J connectivity index is 2.23. The van der Waals surface area contributed by atoms with Gasteiger partial charge in [-0.15, -0.1) is 10.2 Å². The van der Waals surface area contributed by atoms with Crippen LogP contribution in [0.2, 0.25) is 0 Å². The number of ether oxygens (including phenoxy) is 2. The fraction of sp³-hybridized carbons (Fsp3) is 0.357. The summed E-state index contributed by atoms with van der Waals surface area (Å²) < 4.78 is 11.8. The predicted molar refractivity (Wildman–Crippen MR) is 88.1 cm³/mol. The Kier molecular flexibility index (Phi) is 5.32. The molecule has 0 aliphatic heterocycles. The second-order valence-electron chi connectivity index (χ2n) is 4.82. The molecule has 9 heteroatoms. The molecule has 0 bridgehead atoms. The van der Waals surface area contributed by atoms with Crippen LogP contribution >= 0.6 is 11.8 Å². The third-order valence-electron chi connectivity index (χ3n) is 3.13. The van der Waals surface area contributed by atoms with Gasteiger partial charge in [0.2, 0.25) is 11.1 Å². The van der Waals surface area contributed by atoms with Gasteiger partial charge in [0.1, 0.15) is 0 Å². The quantitative estimate of drug-likeness (QED) is 0.617. The van der Waals surface area contributed by atoms with Gasteiger partial charge < -0.3 is 20.2 Å². The average molecular weight is 337 g/mol. The number of hydrogen-bond acceptors (Lipinski definition) is 7. The second-order valence-corrected chi connectivity index (χ2v) is 5.77. The number of benzene rings is 1. The van der Waals surface area contributed by atoms with E-state index in [1.807, 2.05) is 6.07 Å². The first-order chi connectivity index (χ1) is 11.0. The smallest absolute Gasteiger partial charge is 0.232 e. The van der Waals surface area contributed by atoms with E-state index in [0.717, 1.165) is 5.56 Å². The van der Waals surface area contributed by atoms with E-state index in [-0.39, 0.29) is 11.7 Å². The van der Waals surface area contributed by atoms with E-state index < -0.39 is 0 Å². The summed E-state index contributed by atoms with van der Waals surface area (Å²) >= 11 is 1.23. The van der Waals surface area contributed by atoms with Gasteiger partial charge in [0.05, 0.1) is 20.0 Å². The minimum absolute atomic E-state index is 0.0225. The number of amides is 1. The molecule has 1 aromatic heterocycles. The number of rotatable bonds is 6. The van der Waals surface area contributed by atoms with Gasteiger partial charge in [-0.25, -0.2) is 4.68 Å². The summed E-state index contributed by atoms with van der Waals surface area (Å²) in [6, 6.07) is 5.35. The molecular weight excluding hydrogens is 318 g/mol. The second kappa shape index (κ2) is 7.23. The van der Waals surface area contributed by atoms with Gasteiger partial charge in [-0.1, -0.05) is 11.8 Å². The standard InChI is InChI=1S/C14H19N5O3S/c1-18(2)12(20)8-23-14-17-16-13(19(14)15)9-5-6-10(21-3)11(7-9)22-4/h5-7H,8,15H2,1-4H3. The minimum Gasteiger partial charge on any atom is -0.493 e. The Labute approximate surface area is 138 Å². The van der Waals surface area contributed by atoms with Crippen LogP contribution in [0.5, 0.6) is 11.5 Å². The van der Waals surface area contributed by atoms with Crippen molar-refractivity contribution >= 4 is 17.7 Å². The lowest BCUT2D eigenvalue weighted by atomic mass is 10.2. The van der Waals surface area contributed by atoms with E-state index in [1.54, 1.807) is 40.4 Å². The molecular formula is C14H19N5O3S. The van der Waals surface area contributed by atoms with Crippen molar-refractivity contribution in [2.24, 2.45) is 0 Å². The summed E-state index contributed by atoms with van der Waals surface area (Å²) in [5, 5.41) is 8.58. The van der Waals surface area contributed by atoms with E-state index in [4.69, 9.17) is 15.3 Å². The summed E-state index contributed by atoms with van der Waals surface area (Å²) in [7, 11) is 6.53. The highest BCUT2D eigenvalue weighted by atomic mass is 32.2. The molecule has 0 aliphatic carbocycles. The molecule has 124 valence electrons. The molecule has 0 radical (unpaired) electrons. The number of hydrogen-bond donors (Lipinski definition) is 1. The van der Waals surface area contributed by atoms with Crippen molar-refractivity contribution in [2.75, 3.05) is 39.9 Å². The predicted octanol–water partition coefficient (Wildman–Crippen LogP) is 0.856. The highest BCUT2D eigenvalue weighted by Gasteiger charge is 2.16. The maximum absolute atomic E-state index is 11.6. The molecule has 0 unspecified atom stereocenters. The Hall–Kier alpha value is -2.42. The number of carbonyl (C=O) groups is 1. The van der Waals surface area contributed by atoms with E-state index in [1.165, 1.54) is 21.3 Å². The number of methoxy groups -OCH3 is 2. The van der Waals surface area contributed by atoms with Gasteiger partial charge in [-0.3, -0.25) is 4.79 Å². The maximum atomic E-state index is 11.6. The first-order valence-corrected chi connectivity index (χ1v) is 7.72. The van der Waals surface area contributed by atoms with Crippen LogP contribution in [-0.2, 0) is 4.79 Å². The number of nitrogens with two attached hydrogens (primary N) is 1. The van der Waals surface area contributed by atoms with Gasteiger partial charge in [-0.2, -0.15) is 0 Å². The van der Waals surface area contributed by atoms with Crippen LogP contribution < -0.4 is 15.3 Å². The van der Waals surface area contributed by atoms with E-state index in [2.05, 4.69) is 10.2 Å². The number of thioether (sulfide) groups is 1. The molecule has 2 rings (SSSR count). The van der Waals surface area contributed by atoms with E-state index >= 15 is 0 Å². The van der Waals surface area contributed by atoms with Crippen LogP contribution in [0.3, 0.4) is 0 Å². The number of aromatic nitrogens is 3. The molecule has 2 N–H and O–H groups in total. The van der Waals surface area contributed by atoms with Crippen LogP contribution in [0.4, 0.5) is 0 Å². The molecule has 1 aromatic carbocycles. The van der Waals surface area contributed by atoms with Crippen molar-refractivity contribution in [3.05, 3.63) is 18.2 Å². The van der Waals surface area contributed by atoms with Crippen molar-refractivity contribution in [3.63, 3.8) is 0 Å². The van der Waals surface area contributed by atoms with E-state index in [0.29, 0.717) is 22.5 Å². The molecule has 1 heterocycles. The fourth-order valence-corrected chi connectivity index (χ4v) is 2.64. The first kappa shape index (κ1) is 16.9. The topological polar surface area (TPSA) is 95.5 Å². The molecule has 8 nitrogen and oxygen atoms in total. The van der Waals surface area contributed by atoms with Gasteiger partial charge in [-0.05, 0) is 18.2 Å². The largest absolute Gasteiger partial charge is 0.493 e. The fourth-order valence-electron chi connectivity index (χ4n) is 1.80. The normalized spacial score (nSPS) is 10.4. The van der Waals surface area contributed by atoms with Crippen LogP contribution in [0.25, 0.3) is 11.4 Å². The van der Waals surface area contributed by atoms with Crippen LogP contribution in [0.15, 0.2) is 23.4 Å². The molecule has 0 saturated heterocycles. The highest BCUT2D eigenvalue weighted by molar-refractivity contribution is 7.99. The Morgan fingerprint density at radius 1 is 1.26 bits per heavy atom. The van der Waals surface area contributed by atoms with Crippen molar-refractivity contribution in [1.82, 2.24) is 19.8 Å². The zero-order valence-electron chi connectivity index (χ0n) is 13.4. The Bertz CT molecular complexity index is 702. The summed E-state index contributed by atoms with van der Waals surface area (Å²) in [6.07, 6.45) is 0. The van der Waals surface area contributed by atoms with Crippen molar-refractivity contribution in [3.8, 4) is 22.9 Å². The molecule has 0 aliphatic rings. The third-order valence-corrected chi connectivity index (χ3v) is 4.06. The lowest BCUT2D eigenvalue weighted by Gasteiger charge is -2.10. The first-order valence-electron chi connectivity index (χ1n) is 6.73. The van der Waals surface area contributed by atoms with Crippen LogP contribution in [-0.4, -0.2) is 59.7 Å². The number of nitrogen functional groups attached to an aromatic ring is 1. The zero-order chi connectivity index (χ0) is 17.0. The van der Waals surface area contributed by atoms with Gasteiger partial charge in [0.25, 0.3) is 0 Å². The maximum Gasteiger partial charge on any atom is 0.232 e. The SMILES string of the molecule is COc1ccc(-c2nnc(SCC(=O)N(C)C)n2N)cc1OC. The molecule has 2 aromatic rings. The molecule has 0 spiro atoms. The number of carbonyl (C=O) groups excluding carboxylic acids is 1. The van der Waals surface area contributed by atoms with Crippen molar-refractivity contribution in [2.45, 2.75) is 5.16 Å². The van der Waals surface area contributed by atoms with Gasteiger partial charge in [0.15, 0.2) is 17.3 Å². The summed E-state index contributed by atoms with van der Waals surface area (Å²) in [6.45, 7) is 0. The lowest BCUT2D eigenvalue weighted by molar-refractivity contribution is -0.125. The molecule has 0 fully saturated rings. The highest BCUT2D eigenvalue weighted by Crippen LogP contribution is 2.32. The van der Waals surface area contributed by atoms with E-state index in [9.17, 15) is 4.79 Å². The lowest BCUT2D eigenvalue weighted by Crippen LogP contribution is -2.24. The molecule has 0 atom stereocenters. The van der Waals surface area contributed by atoms with Crippen LogP contribution in [0.1, 0.15) is 0 Å². The summed E-state index contributed by atoms with van der Waals surface area (Å²) in [5.74, 6) is 7.92. The monoisotopic (exact) mass is 337 g/mol. The average Bonchev–Trinajstić information content (AvgIpc) is 2.92. The summed E-state index contributed by atoms with van der Waals surface area (Å²) in [5.41, 5.74) is 0.739. The Morgan fingerprint density at radius 3 is 2.57 bits per heavy atom. The molecule has 1 amide bonds. The van der Waals surface area contributed by atoms with Crippen molar-refractivity contribution < 1.29 is 14.3 Å². The number of nitrogens with zero attached hydrogens (tertiary/aromatic N) is 4. The molecule has 0 saturated carbocycles. The minimum atomic E-state index is -0.0225. The van der Waals surface area contributed by atoms with Gasteiger partial charge in [0, 0.05) is 19.7 Å². The third kappa shape index (κ3) is 3.67. The van der Waals surface area contributed by atoms with Crippen molar-refractivity contribution in [1.29, 1.82) is 0 Å². The zero-order valence-corrected chi connectivity index (χ0v) is 14.3. The van der Waals surface area contributed by atoms with Gasteiger partial charge >= 0.3 is 0 Å².